The highest BCUT2D eigenvalue weighted by Crippen LogP contribution is 1.99. The molecule has 3 nitrogen and oxygen atoms in total. The Morgan fingerprint density at radius 1 is 1.50 bits per heavy atom. The Kier molecular flexibility index (Phi) is 4.87. The van der Waals surface area contributed by atoms with Crippen LogP contribution in [-0.4, -0.2) is 24.1 Å². The Morgan fingerprint density at radius 2 is 2.43 bits per heavy atom. The molecule has 0 aliphatic carbocycles. The summed E-state index contributed by atoms with van der Waals surface area (Å²) in [5.74, 6) is 0. The molecule has 0 aromatic carbocycles. The van der Waals surface area contributed by atoms with Crippen LogP contribution in [0.15, 0.2) is 24.4 Å². The van der Waals surface area contributed by atoms with Gasteiger partial charge in [0.1, 0.15) is 0 Å². The Balaban J connectivity index is 0.000000980. The summed E-state index contributed by atoms with van der Waals surface area (Å²) in [4.78, 5) is 4.26. The van der Waals surface area contributed by atoms with Crippen molar-refractivity contribution < 1.29 is 0 Å². The third kappa shape index (κ3) is 3.25. The minimum atomic E-state index is 0. The molecule has 14 heavy (non-hydrogen) atoms. The van der Waals surface area contributed by atoms with Crippen LogP contribution in [0.4, 0.5) is 0 Å². The SMILES string of the molecule is Cl.c1ccc(CNC2CCNC2)nc1. The maximum atomic E-state index is 4.26. The third-order valence-corrected chi connectivity index (χ3v) is 2.36. The van der Waals surface area contributed by atoms with Crippen LogP contribution in [0.3, 0.4) is 0 Å². The first-order valence-electron chi connectivity index (χ1n) is 4.79. The van der Waals surface area contributed by atoms with Crippen molar-refractivity contribution in [1.82, 2.24) is 15.6 Å². The molecule has 2 N–H and O–H groups in total. The molecule has 1 fully saturated rings. The number of aromatic nitrogens is 1. The topological polar surface area (TPSA) is 37.0 Å². The summed E-state index contributed by atoms with van der Waals surface area (Å²) in [7, 11) is 0. The van der Waals surface area contributed by atoms with Gasteiger partial charge < -0.3 is 10.6 Å². The molecule has 0 spiro atoms. The third-order valence-electron chi connectivity index (χ3n) is 2.36. The predicted molar refractivity (Wildman–Crippen MR) is 59.6 cm³/mol. The largest absolute Gasteiger partial charge is 0.315 e. The quantitative estimate of drug-likeness (QED) is 0.786. The molecule has 2 rings (SSSR count). The lowest BCUT2D eigenvalue weighted by molar-refractivity contribution is 0.542. The second-order valence-electron chi connectivity index (χ2n) is 3.39. The van der Waals surface area contributed by atoms with E-state index in [1.807, 2.05) is 18.3 Å². The van der Waals surface area contributed by atoms with Gasteiger partial charge in [-0.2, -0.15) is 0 Å². The molecular weight excluding hydrogens is 198 g/mol. The average molecular weight is 214 g/mol. The predicted octanol–water partition coefficient (Wildman–Crippen LogP) is 0.955. The Morgan fingerprint density at radius 3 is 3.07 bits per heavy atom. The smallest absolute Gasteiger partial charge is 0.0541 e. The molecule has 1 unspecified atom stereocenters. The van der Waals surface area contributed by atoms with Gasteiger partial charge in [0.2, 0.25) is 0 Å². The van der Waals surface area contributed by atoms with Crippen LogP contribution in [0.5, 0.6) is 0 Å². The van der Waals surface area contributed by atoms with Crippen molar-refractivity contribution in [2.24, 2.45) is 0 Å². The van der Waals surface area contributed by atoms with Gasteiger partial charge in [0.25, 0.3) is 0 Å². The zero-order valence-corrected chi connectivity index (χ0v) is 8.89. The van der Waals surface area contributed by atoms with Crippen LogP contribution in [-0.2, 0) is 6.54 Å². The van der Waals surface area contributed by atoms with Crippen LogP contribution in [0, 0.1) is 0 Å². The van der Waals surface area contributed by atoms with Crippen LogP contribution in [0.25, 0.3) is 0 Å². The molecule has 1 aromatic heterocycles. The second-order valence-corrected chi connectivity index (χ2v) is 3.39. The van der Waals surface area contributed by atoms with Crippen molar-refractivity contribution in [3.05, 3.63) is 30.1 Å². The summed E-state index contributed by atoms with van der Waals surface area (Å²) in [6.45, 7) is 3.11. The van der Waals surface area contributed by atoms with Crippen LogP contribution >= 0.6 is 12.4 Å². The van der Waals surface area contributed by atoms with Gasteiger partial charge in [0.15, 0.2) is 0 Å². The van der Waals surface area contributed by atoms with E-state index in [4.69, 9.17) is 0 Å². The maximum absolute atomic E-state index is 4.26. The first kappa shape index (κ1) is 11.4. The fourth-order valence-corrected chi connectivity index (χ4v) is 1.58. The van der Waals surface area contributed by atoms with Crippen LogP contribution in [0.1, 0.15) is 12.1 Å². The summed E-state index contributed by atoms with van der Waals surface area (Å²) in [6.07, 6.45) is 3.07. The van der Waals surface area contributed by atoms with Crippen molar-refractivity contribution >= 4 is 12.4 Å². The van der Waals surface area contributed by atoms with E-state index in [2.05, 4.69) is 21.7 Å². The van der Waals surface area contributed by atoms with Crippen molar-refractivity contribution in [2.75, 3.05) is 13.1 Å². The zero-order chi connectivity index (χ0) is 8.93. The van der Waals surface area contributed by atoms with Crippen molar-refractivity contribution in [1.29, 1.82) is 0 Å². The fourth-order valence-electron chi connectivity index (χ4n) is 1.58. The fraction of sp³-hybridized carbons (Fsp3) is 0.500. The number of nitrogens with zero attached hydrogens (tertiary/aromatic N) is 1. The lowest BCUT2D eigenvalue weighted by atomic mass is 10.2. The first-order chi connectivity index (χ1) is 6.45. The molecule has 0 bridgehead atoms. The summed E-state index contributed by atoms with van der Waals surface area (Å²) >= 11 is 0. The maximum Gasteiger partial charge on any atom is 0.0541 e. The van der Waals surface area contributed by atoms with Crippen molar-refractivity contribution in [3.63, 3.8) is 0 Å². The summed E-state index contributed by atoms with van der Waals surface area (Å²) < 4.78 is 0. The monoisotopic (exact) mass is 213 g/mol. The molecular formula is C10H16ClN3. The van der Waals surface area contributed by atoms with Gasteiger partial charge in [-0.1, -0.05) is 6.07 Å². The standard InChI is InChI=1S/C10H15N3.ClH/c1-2-5-12-9(3-1)8-13-10-4-6-11-7-10;/h1-3,5,10-11,13H,4,6-8H2;1H. The molecule has 1 aliphatic rings. The Bertz CT molecular complexity index is 247. The number of hydrogen-bond acceptors (Lipinski definition) is 3. The summed E-state index contributed by atoms with van der Waals surface area (Å²) in [6, 6.07) is 6.65. The minimum Gasteiger partial charge on any atom is -0.315 e. The molecule has 0 amide bonds. The number of pyridine rings is 1. The van der Waals surface area contributed by atoms with E-state index < -0.39 is 0 Å². The van der Waals surface area contributed by atoms with Gasteiger partial charge in [0.05, 0.1) is 5.69 Å². The van der Waals surface area contributed by atoms with E-state index in [9.17, 15) is 0 Å². The first-order valence-corrected chi connectivity index (χ1v) is 4.79. The molecule has 2 heterocycles. The molecule has 4 heteroatoms. The molecule has 78 valence electrons. The van der Waals surface area contributed by atoms with Gasteiger partial charge in [0, 0.05) is 25.3 Å². The number of rotatable bonds is 3. The lowest BCUT2D eigenvalue weighted by Gasteiger charge is -2.09. The van der Waals surface area contributed by atoms with Gasteiger partial charge in [-0.05, 0) is 25.1 Å². The van der Waals surface area contributed by atoms with Gasteiger partial charge in [-0.25, -0.2) is 0 Å². The van der Waals surface area contributed by atoms with Gasteiger partial charge >= 0.3 is 0 Å². The molecule has 1 aromatic rings. The summed E-state index contributed by atoms with van der Waals surface area (Å²) in [5, 5.41) is 6.80. The summed E-state index contributed by atoms with van der Waals surface area (Å²) in [5.41, 5.74) is 1.12. The minimum absolute atomic E-state index is 0. The van der Waals surface area contributed by atoms with E-state index in [-0.39, 0.29) is 12.4 Å². The lowest BCUT2D eigenvalue weighted by Crippen LogP contribution is -2.30. The van der Waals surface area contributed by atoms with E-state index in [0.717, 1.165) is 25.3 Å². The average Bonchev–Trinajstić information content (AvgIpc) is 2.69. The highest BCUT2D eigenvalue weighted by atomic mass is 35.5. The highest BCUT2D eigenvalue weighted by molar-refractivity contribution is 5.85. The van der Waals surface area contributed by atoms with Gasteiger partial charge in [-0.15, -0.1) is 12.4 Å². The molecule has 0 radical (unpaired) electrons. The van der Waals surface area contributed by atoms with Gasteiger partial charge in [-0.3, -0.25) is 4.98 Å². The molecule has 1 aliphatic heterocycles. The van der Waals surface area contributed by atoms with Crippen LogP contribution in [0.2, 0.25) is 0 Å². The van der Waals surface area contributed by atoms with Crippen molar-refractivity contribution in [2.45, 2.75) is 19.0 Å². The Hall–Kier alpha value is -0.640. The molecule has 1 atom stereocenters. The van der Waals surface area contributed by atoms with E-state index in [1.165, 1.54) is 6.42 Å². The van der Waals surface area contributed by atoms with E-state index in [0.29, 0.717) is 6.04 Å². The molecule has 1 saturated heterocycles. The van der Waals surface area contributed by atoms with E-state index in [1.54, 1.807) is 0 Å². The van der Waals surface area contributed by atoms with Crippen LogP contribution < -0.4 is 10.6 Å². The van der Waals surface area contributed by atoms with Crippen molar-refractivity contribution in [3.8, 4) is 0 Å². The molecule has 0 saturated carbocycles. The Labute approximate surface area is 90.7 Å². The normalized spacial score (nSPS) is 20.4. The zero-order valence-electron chi connectivity index (χ0n) is 8.07. The highest BCUT2D eigenvalue weighted by Gasteiger charge is 2.12. The second kappa shape index (κ2) is 5.96. The number of hydrogen-bond donors (Lipinski definition) is 2. The number of nitrogens with one attached hydrogen (secondary N) is 2. The number of halogens is 1. The van der Waals surface area contributed by atoms with E-state index >= 15 is 0 Å².